The molecule has 0 saturated heterocycles. The monoisotopic (exact) mass is 345 g/mol. The van der Waals surface area contributed by atoms with Crippen molar-refractivity contribution in [1.29, 1.82) is 0 Å². The van der Waals surface area contributed by atoms with Gasteiger partial charge in [-0.25, -0.2) is 4.98 Å². The van der Waals surface area contributed by atoms with Crippen LogP contribution in [0.3, 0.4) is 0 Å². The number of ketones is 1. The number of imidazole rings is 1. The second-order valence-electron chi connectivity index (χ2n) is 6.35. The molecule has 0 aliphatic rings. The fourth-order valence-electron chi connectivity index (χ4n) is 2.77. The van der Waals surface area contributed by atoms with Crippen LogP contribution in [0.5, 0.6) is 0 Å². The fraction of sp³-hybridized carbons (Fsp3) is 0.182. The molecule has 0 spiro atoms. The number of allylic oxidation sites excluding steroid dienone is 1. The minimum absolute atomic E-state index is 0.0281. The van der Waals surface area contributed by atoms with E-state index in [1.165, 1.54) is 5.56 Å². The Labute approximate surface area is 153 Å². The number of hydrogen-bond donors (Lipinski definition) is 2. The zero-order valence-corrected chi connectivity index (χ0v) is 14.6. The molecule has 1 aromatic heterocycles. The molecule has 3 rings (SSSR count). The number of H-pyrrole nitrogens is 1. The highest BCUT2D eigenvalue weighted by Crippen LogP contribution is 2.10. The normalized spacial score (nSPS) is 12.3. The van der Waals surface area contributed by atoms with E-state index in [9.17, 15) is 4.79 Å². The number of nitrogens with zero attached hydrogens (tertiary/aromatic N) is 1. The van der Waals surface area contributed by atoms with Crippen molar-refractivity contribution in [3.8, 4) is 0 Å². The summed E-state index contributed by atoms with van der Waals surface area (Å²) in [6.45, 7) is 0. The molecule has 3 N–H and O–H groups in total. The Morgan fingerprint density at radius 3 is 2.54 bits per heavy atom. The first-order valence-corrected chi connectivity index (χ1v) is 8.76. The predicted octanol–water partition coefficient (Wildman–Crippen LogP) is 3.35. The van der Waals surface area contributed by atoms with Gasteiger partial charge in [0.15, 0.2) is 5.78 Å². The van der Waals surface area contributed by atoms with E-state index in [4.69, 9.17) is 5.73 Å². The first-order valence-electron chi connectivity index (χ1n) is 8.76. The number of aromatic amines is 1. The Balaban J connectivity index is 1.51. The summed E-state index contributed by atoms with van der Waals surface area (Å²) in [5.74, 6) is 0.0281. The average Bonchev–Trinajstić information content (AvgIpc) is 3.17. The number of benzene rings is 2. The molecule has 0 bridgehead atoms. The van der Waals surface area contributed by atoms with Gasteiger partial charge in [-0.15, -0.1) is 0 Å². The molecule has 0 aliphatic carbocycles. The average molecular weight is 345 g/mol. The highest BCUT2D eigenvalue weighted by Gasteiger charge is 2.15. The zero-order valence-electron chi connectivity index (χ0n) is 14.6. The van der Waals surface area contributed by atoms with Crippen molar-refractivity contribution >= 4 is 11.9 Å². The lowest BCUT2D eigenvalue weighted by Crippen LogP contribution is -2.34. The third kappa shape index (κ3) is 5.26. The van der Waals surface area contributed by atoms with Crippen molar-refractivity contribution in [3.63, 3.8) is 0 Å². The second-order valence-corrected chi connectivity index (χ2v) is 6.35. The van der Waals surface area contributed by atoms with E-state index in [-0.39, 0.29) is 5.78 Å². The Morgan fingerprint density at radius 1 is 1.08 bits per heavy atom. The predicted molar refractivity (Wildman–Crippen MR) is 105 cm³/mol. The molecule has 0 amide bonds. The van der Waals surface area contributed by atoms with Gasteiger partial charge in [0.2, 0.25) is 0 Å². The van der Waals surface area contributed by atoms with Crippen molar-refractivity contribution in [3.05, 3.63) is 95.6 Å². The molecule has 0 aliphatic heterocycles. The number of carbonyl (C=O) groups is 1. The largest absolute Gasteiger partial charge is 0.351 e. The number of Topliss-reactive ketones (excluding diaryl/α,β-unsaturated/α-hetero) is 1. The number of hydrogen-bond acceptors (Lipinski definition) is 3. The molecule has 0 radical (unpaired) electrons. The number of nitrogens with one attached hydrogen (secondary N) is 1. The van der Waals surface area contributed by atoms with Crippen LogP contribution in [0.25, 0.3) is 6.08 Å². The highest BCUT2D eigenvalue weighted by atomic mass is 16.1. The van der Waals surface area contributed by atoms with Crippen LogP contribution in [0.4, 0.5) is 0 Å². The van der Waals surface area contributed by atoms with Crippen LogP contribution in [0.15, 0.2) is 73.2 Å². The molecule has 1 heterocycles. The van der Waals surface area contributed by atoms with Crippen LogP contribution < -0.4 is 5.73 Å². The molecule has 4 heteroatoms. The maximum Gasteiger partial charge on any atom is 0.154 e. The lowest BCUT2D eigenvalue weighted by atomic mass is 10.00. The van der Waals surface area contributed by atoms with E-state index in [1.807, 2.05) is 42.5 Å². The van der Waals surface area contributed by atoms with E-state index >= 15 is 0 Å². The zero-order chi connectivity index (χ0) is 18.2. The Kier molecular flexibility index (Phi) is 6.12. The molecule has 2 aromatic carbocycles. The molecule has 3 aromatic rings. The van der Waals surface area contributed by atoms with Gasteiger partial charge in [0.25, 0.3) is 0 Å². The molecular weight excluding hydrogens is 322 g/mol. The maximum absolute atomic E-state index is 12.3. The van der Waals surface area contributed by atoms with Crippen molar-refractivity contribution in [2.45, 2.75) is 25.3 Å². The number of carbonyl (C=O) groups excluding carboxylic acids is 1. The van der Waals surface area contributed by atoms with Gasteiger partial charge in [0, 0.05) is 19.0 Å². The number of nitrogens with two attached hydrogens (primary N) is 1. The Morgan fingerprint density at radius 2 is 1.85 bits per heavy atom. The van der Waals surface area contributed by atoms with E-state index in [0.29, 0.717) is 12.8 Å². The summed E-state index contributed by atoms with van der Waals surface area (Å²) in [6.07, 6.45) is 9.32. The minimum Gasteiger partial charge on any atom is -0.351 e. The van der Waals surface area contributed by atoms with Crippen LogP contribution in [-0.4, -0.2) is 21.8 Å². The van der Waals surface area contributed by atoms with Crippen molar-refractivity contribution < 1.29 is 4.79 Å². The van der Waals surface area contributed by atoms with E-state index in [2.05, 4.69) is 34.3 Å². The first kappa shape index (κ1) is 17.8. The van der Waals surface area contributed by atoms with Gasteiger partial charge >= 0.3 is 0 Å². The standard InChI is InChI=1S/C22H23N3O/c23-21(14-20-15-24-16-25-20)22(26)13-19-11-9-18(10-12-19)8-4-7-17-5-2-1-3-6-17/h1-6,8-12,15-16,21H,7,13-14,23H2,(H,24,25)/t21-/m0/s1. The van der Waals surface area contributed by atoms with Gasteiger partial charge in [0.05, 0.1) is 18.1 Å². The molecule has 0 fully saturated rings. The van der Waals surface area contributed by atoms with Gasteiger partial charge in [-0.05, 0) is 23.1 Å². The Hall–Kier alpha value is -2.98. The van der Waals surface area contributed by atoms with Gasteiger partial charge in [-0.1, -0.05) is 66.7 Å². The summed E-state index contributed by atoms with van der Waals surface area (Å²) < 4.78 is 0. The molecule has 0 saturated carbocycles. The van der Waals surface area contributed by atoms with Crippen molar-refractivity contribution in [1.82, 2.24) is 9.97 Å². The van der Waals surface area contributed by atoms with Crippen LogP contribution >= 0.6 is 0 Å². The van der Waals surface area contributed by atoms with E-state index in [0.717, 1.165) is 23.2 Å². The van der Waals surface area contributed by atoms with Crippen LogP contribution in [-0.2, 0) is 24.1 Å². The Bertz CT molecular complexity index is 837. The van der Waals surface area contributed by atoms with Gasteiger partial charge in [0.1, 0.15) is 0 Å². The smallest absolute Gasteiger partial charge is 0.154 e. The summed E-state index contributed by atoms with van der Waals surface area (Å²) in [7, 11) is 0. The third-order valence-corrected chi connectivity index (χ3v) is 4.26. The minimum atomic E-state index is -0.524. The van der Waals surface area contributed by atoms with E-state index in [1.54, 1.807) is 12.5 Å². The maximum atomic E-state index is 12.3. The molecule has 26 heavy (non-hydrogen) atoms. The summed E-state index contributed by atoms with van der Waals surface area (Å²) in [4.78, 5) is 19.3. The second kappa shape index (κ2) is 8.92. The summed E-state index contributed by atoms with van der Waals surface area (Å²) in [5, 5.41) is 0. The molecular formula is C22H23N3O. The summed E-state index contributed by atoms with van der Waals surface area (Å²) >= 11 is 0. The van der Waals surface area contributed by atoms with Crippen molar-refractivity contribution in [2.24, 2.45) is 5.73 Å². The molecule has 4 nitrogen and oxygen atoms in total. The van der Waals surface area contributed by atoms with Crippen LogP contribution in [0.2, 0.25) is 0 Å². The van der Waals surface area contributed by atoms with Crippen molar-refractivity contribution in [2.75, 3.05) is 0 Å². The van der Waals surface area contributed by atoms with Gasteiger partial charge in [-0.3, -0.25) is 4.79 Å². The summed E-state index contributed by atoms with van der Waals surface area (Å²) in [5.41, 5.74) is 10.2. The van der Waals surface area contributed by atoms with Crippen LogP contribution in [0.1, 0.15) is 22.4 Å². The SMILES string of the molecule is N[C@@H](Cc1c[nH]cn1)C(=O)Cc1ccc(C=CCc2ccccc2)cc1. The van der Waals surface area contributed by atoms with Crippen LogP contribution in [0, 0.1) is 0 Å². The fourth-order valence-corrected chi connectivity index (χ4v) is 2.77. The molecule has 1 atom stereocenters. The molecule has 132 valence electrons. The third-order valence-electron chi connectivity index (χ3n) is 4.26. The quantitative estimate of drug-likeness (QED) is 0.658. The van der Waals surface area contributed by atoms with E-state index < -0.39 is 6.04 Å². The number of aromatic nitrogens is 2. The highest BCUT2D eigenvalue weighted by molar-refractivity contribution is 5.86. The lowest BCUT2D eigenvalue weighted by molar-refractivity contribution is -0.119. The first-order chi connectivity index (χ1) is 12.7. The number of rotatable bonds is 8. The molecule has 0 unspecified atom stereocenters. The van der Waals surface area contributed by atoms with Gasteiger partial charge < -0.3 is 10.7 Å². The summed E-state index contributed by atoms with van der Waals surface area (Å²) in [6, 6.07) is 17.9. The lowest BCUT2D eigenvalue weighted by Gasteiger charge is -2.09. The van der Waals surface area contributed by atoms with Gasteiger partial charge in [-0.2, -0.15) is 0 Å². The topological polar surface area (TPSA) is 71.8 Å².